The molecule has 1 aromatic carbocycles. The fourth-order valence-corrected chi connectivity index (χ4v) is 4.83. The summed E-state index contributed by atoms with van der Waals surface area (Å²) in [6, 6.07) is 4.47. The van der Waals surface area contributed by atoms with Gasteiger partial charge in [0, 0.05) is 22.2 Å². The van der Waals surface area contributed by atoms with Gasteiger partial charge in [0.1, 0.15) is 0 Å². The Morgan fingerprint density at radius 3 is 2.82 bits per heavy atom. The Hall–Kier alpha value is -1.26. The van der Waals surface area contributed by atoms with E-state index in [4.69, 9.17) is 16.1 Å². The van der Waals surface area contributed by atoms with Crippen LogP contribution in [-0.4, -0.2) is 34.7 Å². The van der Waals surface area contributed by atoms with E-state index < -0.39 is 0 Å². The lowest BCUT2D eigenvalue weighted by Gasteiger charge is -2.52. The summed E-state index contributed by atoms with van der Waals surface area (Å²) >= 11 is 6.18. The maximum Gasteiger partial charge on any atom is 0.177 e. The molecule has 2 bridgehead atoms. The molecule has 0 radical (unpaired) electrons. The first-order chi connectivity index (χ1) is 10.7. The quantitative estimate of drug-likeness (QED) is 0.914. The number of aryl methyl sites for hydroxylation is 1. The SMILES string of the molecule is Cc1c(Cl)ccc2c(N[C@H]3C4CCN(CC4)C34CC4)noc12. The Kier molecular flexibility index (Phi) is 2.63. The Bertz CT molecular complexity index is 744. The van der Waals surface area contributed by atoms with Crippen LogP contribution in [0.4, 0.5) is 5.82 Å². The molecule has 6 rings (SSSR count). The van der Waals surface area contributed by atoms with E-state index in [2.05, 4.69) is 15.4 Å². The fourth-order valence-electron chi connectivity index (χ4n) is 4.68. The molecule has 4 fully saturated rings. The van der Waals surface area contributed by atoms with Crippen molar-refractivity contribution >= 4 is 28.4 Å². The van der Waals surface area contributed by atoms with Gasteiger partial charge < -0.3 is 9.84 Å². The predicted molar refractivity (Wildman–Crippen MR) is 87.4 cm³/mol. The normalized spacial score (nSPS) is 31.8. The lowest BCUT2D eigenvalue weighted by atomic mass is 9.77. The van der Waals surface area contributed by atoms with Gasteiger partial charge in [-0.05, 0) is 63.7 Å². The first-order valence-corrected chi connectivity index (χ1v) is 8.63. The number of hydrogen-bond donors (Lipinski definition) is 1. The average Bonchev–Trinajstić information content (AvgIpc) is 3.21. The molecule has 0 unspecified atom stereocenters. The third kappa shape index (κ3) is 1.65. The van der Waals surface area contributed by atoms with Gasteiger partial charge in [0.15, 0.2) is 11.4 Å². The summed E-state index contributed by atoms with van der Waals surface area (Å²) in [5.74, 6) is 1.66. The van der Waals surface area contributed by atoms with Crippen molar-refractivity contribution in [1.82, 2.24) is 10.1 Å². The van der Waals surface area contributed by atoms with Crippen molar-refractivity contribution in [3.8, 4) is 0 Å². The molecule has 116 valence electrons. The van der Waals surface area contributed by atoms with E-state index in [1.54, 1.807) is 0 Å². The van der Waals surface area contributed by atoms with Gasteiger partial charge in [-0.1, -0.05) is 16.8 Å². The Balaban J connectivity index is 1.53. The Labute approximate surface area is 134 Å². The largest absolute Gasteiger partial charge is 0.362 e. The predicted octanol–water partition coefficient (Wildman–Crippen LogP) is 3.83. The first-order valence-electron chi connectivity index (χ1n) is 8.25. The molecule has 1 N–H and O–H groups in total. The summed E-state index contributed by atoms with van der Waals surface area (Å²) in [6.07, 6.45) is 5.25. The molecule has 4 heterocycles. The minimum Gasteiger partial charge on any atom is -0.362 e. The molecule has 3 saturated heterocycles. The monoisotopic (exact) mass is 317 g/mol. The Morgan fingerprint density at radius 2 is 2.09 bits per heavy atom. The summed E-state index contributed by atoms with van der Waals surface area (Å²) in [6.45, 7) is 4.53. The van der Waals surface area contributed by atoms with E-state index in [0.29, 0.717) is 11.6 Å². The van der Waals surface area contributed by atoms with E-state index >= 15 is 0 Å². The molecule has 4 nitrogen and oxygen atoms in total. The molecule has 4 aliphatic rings. The fraction of sp³-hybridized carbons (Fsp3) is 0.588. The average molecular weight is 318 g/mol. The highest BCUT2D eigenvalue weighted by Gasteiger charge is 2.60. The van der Waals surface area contributed by atoms with Crippen LogP contribution in [0, 0.1) is 12.8 Å². The number of anilines is 1. The molecular formula is C17H20ClN3O. The van der Waals surface area contributed by atoms with Crippen molar-refractivity contribution in [1.29, 1.82) is 0 Å². The summed E-state index contributed by atoms with van der Waals surface area (Å²) in [5, 5.41) is 9.83. The first kappa shape index (κ1) is 13.2. The number of nitrogens with one attached hydrogen (secondary N) is 1. The second-order valence-electron chi connectivity index (χ2n) is 7.13. The van der Waals surface area contributed by atoms with E-state index in [0.717, 1.165) is 33.3 Å². The summed E-state index contributed by atoms with van der Waals surface area (Å²) in [4.78, 5) is 2.70. The van der Waals surface area contributed by atoms with Crippen molar-refractivity contribution in [2.75, 3.05) is 18.4 Å². The molecule has 1 aliphatic carbocycles. The molecule has 3 aliphatic heterocycles. The van der Waals surface area contributed by atoms with E-state index in [9.17, 15) is 0 Å². The zero-order valence-corrected chi connectivity index (χ0v) is 13.5. The molecule has 5 heteroatoms. The number of piperidine rings is 3. The minimum absolute atomic E-state index is 0.397. The third-order valence-corrected chi connectivity index (χ3v) is 6.51. The zero-order chi connectivity index (χ0) is 14.9. The van der Waals surface area contributed by atoms with Crippen LogP contribution in [-0.2, 0) is 0 Å². The maximum atomic E-state index is 6.18. The van der Waals surface area contributed by atoms with Gasteiger partial charge in [-0.3, -0.25) is 4.90 Å². The number of rotatable bonds is 2. The number of nitrogens with zero attached hydrogens (tertiary/aromatic N) is 2. The molecule has 1 spiro atoms. The second-order valence-corrected chi connectivity index (χ2v) is 7.54. The molecule has 1 atom stereocenters. The van der Waals surface area contributed by atoms with Crippen LogP contribution in [0.15, 0.2) is 16.7 Å². The highest BCUT2D eigenvalue weighted by molar-refractivity contribution is 6.32. The zero-order valence-electron chi connectivity index (χ0n) is 12.7. The summed E-state index contributed by atoms with van der Waals surface area (Å²) < 4.78 is 5.56. The van der Waals surface area contributed by atoms with Crippen molar-refractivity contribution in [2.24, 2.45) is 5.92 Å². The van der Waals surface area contributed by atoms with E-state index in [1.165, 1.54) is 38.8 Å². The number of fused-ring (bicyclic) bond motifs is 3. The Morgan fingerprint density at radius 1 is 1.32 bits per heavy atom. The summed E-state index contributed by atoms with van der Waals surface area (Å²) in [7, 11) is 0. The van der Waals surface area contributed by atoms with Crippen molar-refractivity contribution < 1.29 is 4.52 Å². The van der Waals surface area contributed by atoms with Crippen LogP contribution in [0.2, 0.25) is 5.02 Å². The van der Waals surface area contributed by atoms with Crippen molar-refractivity contribution in [3.63, 3.8) is 0 Å². The van der Waals surface area contributed by atoms with Crippen LogP contribution in [0.5, 0.6) is 0 Å². The standard InChI is InChI=1S/C17H20ClN3O/c1-10-13(18)3-2-12-14(10)22-20-16(12)19-15-11-4-8-21(9-5-11)17(15)6-7-17/h2-3,11,15H,4-9H2,1H3,(H,19,20)/t15-/m0/s1. The van der Waals surface area contributed by atoms with Gasteiger partial charge in [0.05, 0.1) is 5.39 Å². The van der Waals surface area contributed by atoms with Crippen molar-refractivity contribution in [3.05, 3.63) is 22.7 Å². The van der Waals surface area contributed by atoms with Crippen LogP contribution < -0.4 is 5.32 Å². The third-order valence-electron chi connectivity index (χ3n) is 6.10. The van der Waals surface area contributed by atoms with Crippen molar-refractivity contribution in [2.45, 2.75) is 44.2 Å². The molecule has 0 amide bonds. The molecule has 2 aromatic rings. The second kappa shape index (κ2) is 4.39. The van der Waals surface area contributed by atoms with E-state index in [-0.39, 0.29) is 0 Å². The van der Waals surface area contributed by atoms with E-state index in [1.807, 2.05) is 19.1 Å². The highest BCUT2D eigenvalue weighted by Crippen LogP contribution is 2.54. The molecule has 22 heavy (non-hydrogen) atoms. The smallest absolute Gasteiger partial charge is 0.177 e. The maximum absolute atomic E-state index is 6.18. The summed E-state index contributed by atoms with van der Waals surface area (Å²) in [5.41, 5.74) is 2.17. The minimum atomic E-state index is 0.397. The topological polar surface area (TPSA) is 41.3 Å². The van der Waals surface area contributed by atoms with Crippen LogP contribution in [0.3, 0.4) is 0 Å². The lowest BCUT2D eigenvalue weighted by molar-refractivity contribution is 0.0202. The number of hydrogen-bond acceptors (Lipinski definition) is 4. The van der Waals surface area contributed by atoms with Crippen LogP contribution in [0.1, 0.15) is 31.2 Å². The van der Waals surface area contributed by atoms with Gasteiger partial charge in [0.2, 0.25) is 0 Å². The van der Waals surface area contributed by atoms with Gasteiger partial charge in [-0.25, -0.2) is 0 Å². The lowest BCUT2D eigenvalue weighted by Crippen LogP contribution is -2.62. The number of benzene rings is 1. The van der Waals surface area contributed by atoms with Crippen LogP contribution >= 0.6 is 11.6 Å². The van der Waals surface area contributed by atoms with Gasteiger partial charge >= 0.3 is 0 Å². The molecular weight excluding hydrogens is 298 g/mol. The molecule has 1 saturated carbocycles. The molecule has 1 aromatic heterocycles. The van der Waals surface area contributed by atoms with Gasteiger partial charge in [-0.2, -0.15) is 0 Å². The number of halogens is 1. The van der Waals surface area contributed by atoms with Crippen LogP contribution in [0.25, 0.3) is 11.0 Å². The van der Waals surface area contributed by atoms with Gasteiger partial charge in [-0.15, -0.1) is 0 Å². The number of aromatic nitrogens is 1. The highest BCUT2D eigenvalue weighted by atomic mass is 35.5. The van der Waals surface area contributed by atoms with Gasteiger partial charge in [0.25, 0.3) is 0 Å².